The number of hydrogen-bond donors (Lipinski definition) is 1. The molecule has 0 saturated carbocycles. The number of esters is 1. The zero-order valence-corrected chi connectivity index (χ0v) is 11.0. The lowest BCUT2D eigenvalue weighted by atomic mass is 10.2. The average Bonchev–Trinajstić information content (AvgIpc) is 2.81. The Morgan fingerprint density at radius 3 is 3.06 bits per heavy atom. The van der Waals surface area contributed by atoms with Crippen LogP contribution in [0.15, 0.2) is 24.0 Å². The molecule has 0 saturated heterocycles. The minimum Gasteiger partial charge on any atom is -0.465 e. The summed E-state index contributed by atoms with van der Waals surface area (Å²) in [5, 5.41) is 5.17. The van der Waals surface area contributed by atoms with Crippen molar-refractivity contribution in [3.8, 4) is 0 Å². The van der Waals surface area contributed by atoms with Crippen LogP contribution >= 0.6 is 11.3 Å². The SMILES string of the molecule is COC(=O)c1cncnc1NCc1sccc1C. The van der Waals surface area contributed by atoms with E-state index in [-0.39, 0.29) is 0 Å². The Kier molecular flexibility index (Phi) is 3.88. The Balaban J connectivity index is 2.14. The van der Waals surface area contributed by atoms with Crippen molar-refractivity contribution in [2.24, 2.45) is 0 Å². The molecule has 0 spiro atoms. The van der Waals surface area contributed by atoms with Gasteiger partial charge in [-0.15, -0.1) is 11.3 Å². The van der Waals surface area contributed by atoms with E-state index >= 15 is 0 Å². The highest BCUT2D eigenvalue weighted by atomic mass is 32.1. The van der Waals surface area contributed by atoms with Gasteiger partial charge in [0.25, 0.3) is 0 Å². The second-order valence-electron chi connectivity index (χ2n) is 3.66. The van der Waals surface area contributed by atoms with Gasteiger partial charge in [0.05, 0.1) is 13.7 Å². The number of aryl methyl sites for hydroxylation is 1. The van der Waals surface area contributed by atoms with Gasteiger partial charge in [0.2, 0.25) is 0 Å². The molecule has 2 heterocycles. The maximum Gasteiger partial charge on any atom is 0.343 e. The summed E-state index contributed by atoms with van der Waals surface area (Å²) in [5.41, 5.74) is 1.57. The molecule has 5 nitrogen and oxygen atoms in total. The van der Waals surface area contributed by atoms with Crippen LogP contribution in [0.5, 0.6) is 0 Å². The maximum atomic E-state index is 11.5. The lowest BCUT2D eigenvalue weighted by molar-refractivity contribution is 0.0601. The zero-order valence-electron chi connectivity index (χ0n) is 10.1. The molecule has 6 heteroatoms. The molecule has 0 bridgehead atoms. The van der Waals surface area contributed by atoms with Crippen LogP contribution in [0.25, 0.3) is 0 Å². The second-order valence-corrected chi connectivity index (χ2v) is 4.66. The van der Waals surface area contributed by atoms with Crippen molar-refractivity contribution in [3.05, 3.63) is 40.0 Å². The van der Waals surface area contributed by atoms with Crippen molar-refractivity contribution >= 4 is 23.1 Å². The number of anilines is 1. The van der Waals surface area contributed by atoms with Crippen LogP contribution in [0.2, 0.25) is 0 Å². The molecule has 2 rings (SSSR count). The van der Waals surface area contributed by atoms with Crippen LogP contribution in [-0.2, 0) is 11.3 Å². The van der Waals surface area contributed by atoms with E-state index in [4.69, 9.17) is 0 Å². The van der Waals surface area contributed by atoms with Crippen molar-refractivity contribution in [2.45, 2.75) is 13.5 Å². The van der Waals surface area contributed by atoms with Gasteiger partial charge in [-0.25, -0.2) is 14.8 Å². The zero-order chi connectivity index (χ0) is 13.0. The molecule has 0 fully saturated rings. The summed E-state index contributed by atoms with van der Waals surface area (Å²) in [6.07, 6.45) is 2.85. The summed E-state index contributed by atoms with van der Waals surface area (Å²) in [7, 11) is 1.34. The molecule has 0 unspecified atom stereocenters. The van der Waals surface area contributed by atoms with Crippen molar-refractivity contribution < 1.29 is 9.53 Å². The highest BCUT2D eigenvalue weighted by Gasteiger charge is 2.13. The van der Waals surface area contributed by atoms with Gasteiger partial charge in [-0.3, -0.25) is 0 Å². The predicted molar refractivity (Wildman–Crippen MR) is 69.8 cm³/mol. The first-order chi connectivity index (χ1) is 8.72. The Labute approximate surface area is 109 Å². The van der Waals surface area contributed by atoms with Crippen molar-refractivity contribution in [1.29, 1.82) is 0 Å². The highest BCUT2D eigenvalue weighted by Crippen LogP contribution is 2.18. The number of aromatic nitrogens is 2. The van der Waals surface area contributed by atoms with E-state index in [9.17, 15) is 4.79 Å². The number of rotatable bonds is 4. The molecule has 18 heavy (non-hydrogen) atoms. The Bertz CT molecular complexity index is 554. The first-order valence-electron chi connectivity index (χ1n) is 5.37. The largest absolute Gasteiger partial charge is 0.465 e. The molecular formula is C12H13N3O2S. The van der Waals surface area contributed by atoms with E-state index in [2.05, 4.69) is 33.0 Å². The molecular weight excluding hydrogens is 250 g/mol. The topological polar surface area (TPSA) is 64.1 Å². The number of carbonyl (C=O) groups is 1. The number of ether oxygens (including phenoxy) is 1. The smallest absolute Gasteiger partial charge is 0.343 e. The van der Waals surface area contributed by atoms with Gasteiger partial charge in [-0.05, 0) is 23.9 Å². The van der Waals surface area contributed by atoms with Crippen LogP contribution in [0, 0.1) is 6.92 Å². The van der Waals surface area contributed by atoms with Crippen molar-refractivity contribution in [1.82, 2.24) is 9.97 Å². The first kappa shape index (κ1) is 12.5. The van der Waals surface area contributed by atoms with Crippen LogP contribution in [-0.4, -0.2) is 23.0 Å². The standard InChI is InChI=1S/C12H13N3O2S/c1-8-3-4-18-10(8)6-14-11-9(12(16)17-2)5-13-7-15-11/h3-5,7H,6H2,1-2H3,(H,13,14,15). The maximum absolute atomic E-state index is 11.5. The fourth-order valence-electron chi connectivity index (χ4n) is 1.48. The van der Waals surface area contributed by atoms with E-state index in [1.807, 2.05) is 5.38 Å². The van der Waals surface area contributed by atoms with E-state index in [0.717, 1.165) is 0 Å². The first-order valence-corrected chi connectivity index (χ1v) is 6.25. The molecule has 94 valence electrons. The number of thiophene rings is 1. The van der Waals surface area contributed by atoms with E-state index in [1.54, 1.807) is 11.3 Å². The molecule has 0 aromatic carbocycles. The fourth-order valence-corrected chi connectivity index (χ4v) is 2.32. The lowest BCUT2D eigenvalue weighted by Crippen LogP contribution is -2.10. The number of methoxy groups -OCH3 is 1. The third kappa shape index (κ3) is 2.65. The monoisotopic (exact) mass is 263 g/mol. The minimum atomic E-state index is -0.444. The van der Waals surface area contributed by atoms with Gasteiger partial charge < -0.3 is 10.1 Å². The molecule has 1 N–H and O–H groups in total. The third-order valence-corrected chi connectivity index (χ3v) is 3.53. The van der Waals surface area contributed by atoms with Gasteiger partial charge in [-0.2, -0.15) is 0 Å². The summed E-state index contributed by atoms with van der Waals surface area (Å²) in [6, 6.07) is 2.06. The lowest BCUT2D eigenvalue weighted by Gasteiger charge is -2.08. The van der Waals surface area contributed by atoms with Gasteiger partial charge >= 0.3 is 5.97 Å². The number of carbonyl (C=O) groups excluding carboxylic acids is 1. The number of hydrogen-bond acceptors (Lipinski definition) is 6. The van der Waals surface area contributed by atoms with Gasteiger partial charge in [0.15, 0.2) is 0 Å². The third-order valence-electron chi connectivity index (χ3n) is 2.50. The van der Waals surface area contributed by atoms with E-state index in [1.165, 1.54) is 30.1 Å². The molecule has 0 radical (unpaired) electrons. The van der Waals surface area contributed by atoms with E-state index in [0.29, 0.717) is 17.9 Å². The second kappa shape index (κ2) is 5.59. The fraction of sp³-hybridized carbons (Fsp3) is 0.250. The normalized spacial score (nSPS) is 10.1. The van der Waals surface area contributed by atoms with Crippen LogP contribution < -0.4 is 5.32 Å². The number of nitrogens with zero attached hydrogens (tertiary/aromatic N) is 2. The van der Waals surface area contributed by atoms with Crippen LogP contribution in [0.4, 0.5) is 5.82 Å². The van der Waals surface area contributed by atoms with E-state index < -0.39 is 5.97 Å². The Morgan fingerprint density at radius 1 is 1.56 bits per heavy atom. The number of nitrogens with one attached hydrogen (secondary N) is 1. The molecule has 0 atom stereocenters. The summed E-state index contributed by atoms with van der Waals surface area (Å²) < 4.78 is 4.68. The van der Waals surface area contributed by atoms with Crippen molar-refractivity contribution in [3.63, 3.8) is 0 Å². The summed E-state index contributed by atoms with van der Waals surface area (Å²) >= 11 is 1.67. The van der Waals surface area contributed by atoms with Gasteiger partial charge in [-0.1, -0.05) is 0 Å². The summed E-state index contributed by atoms with van der Waals surface area (Å²) in [6.45, 7) is 2.68. The molecule has 0 aliphatic rings. The Morgan fingerprint density at radius 2 is 2.39 bits per heavy atom. The average molecular weight is 263 g/mol. The molecule has 0 aliphatic heterocycles. The Hall–Kier alpha value is -1.95. The minimum absolute atomic E-state index is 0.342. The summed E-state index contributed by atoms with van der Waals surface area (Å²) in [4.78, 5) is 20.6. The molecule has 2 aromatic rings. The molecule has 0 amide bonds. The molecule has 0 aliphatic carbocycles. The van der Waals surface area contributed by atoms with Crippen LogP contribution in [0.1, 0.15) is 20.8 Å². The molecule has 2 aromatic heterocycles. The highest BCUT2D eigenvalue weighted by molar-refractivity contribution is 7.10. The predicted octanol–water partition coefficient (Wildman–Crippen LogP) is 2.25. The summed E-state index contributed by atoms with van der Waals surface area (Å²) in [5.74, 6) is 0.0469. The van der Waals surface area contributed by atoms with Crippen molar-refractivity contribution in [2.75, 3.05) is 12.4 Å². The van der Waals surface area contributed by atoms with Gasteiger partial charge in [0.1, 0.15) is 17.7 Å². The van der Waals surface area contributed by atoms with Crippen LogP contribution in [0.3, 0.4) is 0 Å². The quantitative estimate of drug-likeness (QED) is 0.857. The van der Waals surface area contributed by atoms with Gasteiger partial charge in [0, 0.05) is 11.1 Å².